The Morgan fingerprint density at radius 3 is 2.60 bits per heavy atom. The number of piperidine rings is 1. The number of aromatic nitrogens is 2. The Morgan fingerprint density at radius 1 is 1.20 bits per heavy atom. The van der Waals surface area contributed by atoms with Crippen LogP contribution in [0.3, 0.4) is 0 Å². The van der Waals surface area contributed by atoms with E-state index in [0.29, 0.717) is 0 Å². The maximum atomic E-state index is 11.4. The number of thiophene rings is 1. The highest BCUT2D eigenvalue weighted by atomic mass is 32.1. The van der Waals surface area contributed by atoms with Crippen LogP contribution in [0.5, 0.6) is 0 Å². The van der Waals surface area contributed by atoms with Gasteiger partial charge in [0.15, 0.2) is 5.82 Å². The molecule has 0 unspecified atom stereocenters. The van der Waals surface area contributed by atoms with Gasteiger partial charge in [0.1, 0.15) is 10.6 Å². The predicted octanol–water partition coefficient (Wildman–Crippen LogP) is 3.37. The first-order chi connectivity index (χ1) is 12.1. The summed E-state index contributed by atoms with van der Waals surface area (Å²) in [5, 5.41) is 1.10. The van der Waals surface area contributed by atoms with Gasteiger partial charge < -0.3 is 10.6 Å². The zero-order valence-corrected chi connectivity index (χ0v) is 14.9. The number of nitrogens with two attached hydrogens (primary N) is 1. The fourth-order valence-electron chi connectivity index (χ4n) is 3.36. The van der Waals surface area contributed by atoms with Gasteiger partial charge in [-0.15, -0.1) is 11.3 Å². The Bertz CT molecular complexity index is 914. The summed E-state index contributed by atoms with van der Waals surface area (Å²) < 4.78 is 0. The number of anilines is 1. The zero-order chi connectivity index (χ0) is 17.4. The van der Waals surface area contributed by atoms with Crippen molar-refractivity contribution in [2.75, 3.05) is 18.0 Å². The number of hydrogen-bond donors (Lipinski definition) is 1. The van der Waals surface area contributed by atoms with Gasteiger partial charge in [-0.25, -0.2) is 9.97 Å². The Morgan fingerprint density at radius 2 is 1.92 bits per heavy atom. The molecule has 3 heterocycles. The smallest absolute Gasteiger partial charge is 0.220 e. The van der Waals surface area contributed by atoms with E-state index in [1.165, 1.54) is 4.88 Å². The summed E-state index contributed by atoms with van der Waals surface area (Å²) in [5.74, 6) is 1.51. The number of carbonyl (C=O) groups excluding carboxylic acids is 1. The molecule has 0 spiro atoms. The molecule has 1 aliphatic heterocycles. The van der Waals surface area contributed by atoms with Crippen molar-refractivity contribution in [2.24, 2.45) is 11.7 Å². The van der Waals surface area contributed by atoms with Crippen LogP contribution in [0, 0.1) is 12.8 Å². The lowest BCUT2D eigenvalue weighted by Crippen LogP contribution is -2.39. The quantitative estimate of drug-likeness (QED) is 0.784. The van der Waals surface area contributed by atoms with E-state index >= 15 is 0 Å². The summed E-state index contributed by atoms with van der Waals surface area (Å²) in [4.78, 5) is 25.6. The fraction of sp³-hybridized carbons (Fsp3) is 0.316. The van der Waals surface area contributed by atoms with Gasteiger partial charge in [-0.2, -0.15) is 0 Å². The van der Waals surface area contributed by atoms with Gasteiger partial charge in [0.2, 0.25) is 5.91 Å². The minimum atomic E-state index is -0.191. The predicted molar refractivity (Wildman–Crippen MR) is 102 cm³/mol. The molecular weight excluding hydrogens is 332 g/mol. The van der Waals surface area contributed by atoms with Crippen LogP contribution in [-0.2, 0) is 4.79 Å². The summed E-state index contributed by atoms with van der Waals surface area (Å²) in [5.41, 5.74) is 6.48. The third kappa shape index (κ3) is 3.09. The van der Waals surface area contributed by atoms with Crippen LogP contribution in [0.1, 0.15) is 17.7 Å². The van der Waals surface area contributed by atoms with Crippen molar-refractivity contribution in [2.45, 2.75) is 19.8 Å². The second-order valence-corrected chi connectivity index (χ2v) is 7.71. The van der Waals surface area contributed by atoms with Crippen molar-refractivity contribution < 1.29 is 4.79 Å². The molecular formula is C19H20N4OS. The van der Waals surface area contributed by atoms with Gasteiger partial charge in [-0.3, -0.25) is 4.79 Å². The Labute approximate surface area is 150 Å². The molecule has 0 saturated carbocycles. The average Bonchev–Trinajstić information content (AvgIpc) is 3.02. The van der Waals surface area contributed by atoms with E-state index in [0.717, 1.165) is 53.4 Å². The number of carbonyl (C=O) groups is 1. The van der Waals surface area contributed by atoms with Crippen LogP contribution in [0.2, 0.25) is 0 Å². The van der Waals surface area contributed by atoms with Crippen LogP contribution < -0.4 is 10.6 Å². The number of rotatable bonds is 3. The maximum absolute atomic E-state index is 11.4. The molecule has 0 atom stereocenters. The summed E-state index contributed by atoms with van der Waals surface area (Å²) in [6.07, 6.45) is 1.56. The second kappa shape index (κ2) is 6.44. The molecule has 25 heavy (non-hydrogen) atoms. The lowest BCUT2D eigenvalue weighted by molar-refractivity contribution is -0.122. The average molecular weight is 352 g/mol. The van der Waals surface area contributed by atoms with Gasteiger partial charge >= 0.3 is 0 Å². The standard InChI is InChI=1S/C19H20N4OS/c1-12-11-15-18(23-9-7-13(8-10-23)16(20)24)21-17(22-19(15)25-12)14-5-3-2-4-6-14/h2-6,11,13H,7-10H2,1H3,(H2,20,24). The Kier molecular flexibility index (Phi) is 4.13. The van der Waals surface area contributed by atoms with Crippen molar-refractivity contribution in [1.82, 2.24) is 9.97 Å². The molecule has 6 heteroatoms. The molecule has 1 fully saturated rings. The van der Waals surface area contributed by atoms with Crippen LogP contribution in [0.25, 0.3) is 21.6 Å². The highest BCUT2D eigenvalue weighted by Gasteiger charge is 2.26. The molecule has 5 nitrogen and oxygen atoms in total. The third-order valence-electron chi connectivity index (χ3n) is 4.72. The molecule has 128 valence electrons. The van der Waals surface area contributed by atoms with E-state index in [9.17, 15) is 4.79 Å². The maximum Gasteiger partial charge on any atom is 0.220 e. The van der Waals surface area contributed by atoms with Crippen LogP contribution in [-0.4, -0.2) is 29.0 Å². The molecule has 0 radical (unpaired) electrons. The molecule has 1 amide bonds. The summed E-state index contributed by atoms with van der Waals surface area (Å²) in [6, 6.07) is 12.2. The van der Waals surface area contributed by atoms with E-state index in [1.54, 1.807) is 11.3 Å². The van der Waals surface area contributed by atoms with Gasteiger partial charge in [-0.05, 0) is 25.8 Å². The number of fused-ring (bicyclic) bond motifs is 1. The Hall–Kier alpha value is -2.47. The highest BCUT2D eigenvalue weighted by molar-refractivity contribution is 7.18. The largest absolute Gasteiger partial charge is 0.369 e. The minimum Gasteiger partial charge on any atom is -0.369 e. The van der Waals surface area contributed by atoms with E-state index in [2.05, 4.69) is 17.9 Å². The third-order valence-corrected chi connectivity index (χ3v) is 5.67. The van der Waals surface area contributed by atoms with Crippen molar-refractivity contribution in [3.8, 4) is 11.4 Å². The second-order valence-electron chi connectivity index (χ2n) is 6.48. The van der Waals surface area contributed by atoms with E-state index in [4.69, 9.17) is 15.7 Å². The monoisotopic (exact) mass is 352 g/mol. The van der Waals surface area contributed by atoms with Crippen LogP contribution >= 0.6 is 11.3 Å². The molecule has 3 aromatic rings. The van der Waals surface area contributed by atoms with E-state index < -0.39 is 0 Å². The molecule has 0 aliphatic carbocycles. The molecule has 1 saturated heterocycles. The molecule has 1 aliphatic rings. The number of hydrogen-bond acceptors (Lipinski definition) is 5. The topological polar surface area (TPSA) is 72.1 Å². The lowest BCUT2D eigenvalue weighted by atomic mass is 9.96. The number of aryl methyl sites for hydroxylation is 1. The van der Waals surface area contributed by atoms with Crippen molar-refractivity contribution in [3.63, 3.8) is 0 Å². The summed E-state index contributed by atoms with van der Waals surface area (Å²) in [6.45, 7) is 3.68. The first-order valence-corrected chi connectivity index (χ1v) is 9.31. The minimum absolute atomic E-state index is 0.0219. The fourth-order valence-corrected chi connectivity index (χ4v) is 4.23. The van der Waals surface area contributed by atoms with Crippen LogP contribution in [0.4, 0.5) is 5.82 Å². The molecule has 4 rings (SSSR count). The van der Waals surface area contributed by atoms with Gasteiger partial charge in [0, 0.05) is 29.4 Å². The number of nitrogens with zero attached hydrogens (tertiary/aromatic N) is 3. The number of amides is 1. The molecule has 1 aromatic carbocycles. The summed E-state index contributed by atoms with van der Waals surface area (Å²) >= 11 is 1.69. The normalized spacial score (nSPS) is 15.6. The van der Waals surface area contributed by atoms with Crippen molar-refractivity contribution in [1.29, 1.82) is 0 Å². The van der Waals surface area contributed by atoms with Crippen LogP contribution in [0.15, 0.2) is 36.4 Å². The van der Waals surface area contributed by atoms with Gasteiger partial charge in [-0.1, -0.05) is 30.3 Å². The lowest BCUT2D eigenvalue weighted by Gasteiger charge is -2.32. The highest BCUT2D eigenvalue weighted by Crippen LogP contribution is 2.34. The summed E-state index contributed by atoms with van der Waals surface area (Å²) in [7, 11) is 0. The SMILES string of the molecule is Cc1cc2c(N3CCC(C(N)=O)CC3)nc(-c3ccccc3)nc2s1. The number of benzene rings is 1. The van der Waals surface area contributed by atoms with Crippen molar-refractivity contribution in [3.05, 3.63) is 41.3 Å². The molecule has 2 N–H and O–H groups in total. The zero-order valence-electron chi connectivity index (χ0n) is 14.1. The first-order valence-electron chi connectivity index (χ1n) is 8.49. The molecule has 0 bridgehead atoms. The Balaban J connectivity index is 1.76. The van der Waals surface area contributed by atoms with Crippen molar-refractivity contribution >= 4 is 33.3 Å². The first kappa shape index (κ1) is 16.0. The van der Waals surface area contributed by atoms with Gasteiger partial charge in [0.25, 0.3) is 0 Å². The number of primary amides is 1. The van der Waals surface area contributed by atoms with E-state index in [-0.39, 0.29) is 11.8 Å². The van der Waals surface area contributed by atoms with E-state index in [1.807, 2.05) is 30.3 Å². The van der Waals surface area contributed by atoms with Gasteiger partial charge in [0.05, 0.1) is 5.39 Å². The molecule has 2 aromatic heterocycles.